The van der Waals surface area contributed by atoms with E-state index in [4.69, 9.17) is 5.11 Å². The van der Waals surface area contributed by atoms with E-state index in [2.05, 4.69) is 5.32 Å². The van der Waals surface area contributed by atoms with E-state index in [1.807, 2.05) is 0 Å². The van der Waals surface area contributed by atoms with Crippen molar-refractivity contribution in [3.63, 3.8) is 0 Å². The topological polar surface area (TPSA) is 83.5 Å². The summed E-state index contributed by atoms with van der Waals surface area (Å²) in [5, 5.41) is 11.8. The largest absolute Gasteiger partial charge is 0.396 e. The lowest BCUT2D eigenvalue weighted by Crippen LogP contribution is -2.32. The van der Waals surface area contributed by atoms with E-state index in [1.54, 1.807) is 18.2 Å². The highest BCUT2D eigenvalue weighted by Crippen LogP contribution is 2.44. The molecule has 2 N–H and O–H groups in total. The van der Waals surface area contributed by atoms with E-state index in [1.165, 1.54) is 12.1 Å². The zero-order chi connectivity index (χ0) is 14.6. The van der Waals surface area contributed by atoms with Crippen LogP contribution < -0.4 is 5.32 Å². The second kappa shape index (κ2) is 5.93. The Bertz CT molecular complexity index is 564. The van der Waals surface area contributed by atoms with Crippen molar-refractivity contribution in [1.82, 2.24) is 5.32 Å². The highest BCUT2D eigenvalue weighted by Gasteiger charge is 2.42. The second-order valence-electron chi connectivity index (χ2n) is 5.32. The fourth-order valence-corrected chi connectivity index (χ4v) is 3.18. The van der Waals surface area contributed by atoms with Crippen LogP contribution in [0.15, 0.2) is 35.2 Å². The molecular weight excluding hydrogens is 278 g/mol. The molecule has 110 valence electrons. The Labute approximate surface area is 118 Å². The molecule has 6 heteroatoms. The quantitative estimate of drug-likeness (QED) is 0.777. The van der Waals surface area contributed by atoms with Crippen LogP contribution in [0.25, 0.3) is 0 Å². The predicted molar refractivity (Wildman–Crippen MR) is 74.9 cm³/mol. The highest BCUT2D eigenvalue weighted by molar-refractivity contribution is 7.91. The lowest BCUT2D eigenvalue weighted by atomic mass is 10.1. The third kappa shape index (κ3) is 3.80. The molecule has 20 heavy (non-hydrogen) atoms. The molecule has 0 atom stereocenters. The number of benzene rings is 1. The van der Waals surface area contributed by atoms with Gasteiger partial charge in [-0.2, -0.15) is 0 Å². The van der Waals surface area contributed by atoms with Gasteiger partial charge in [-0.05, 0) is 25.0 Å². The van der Waals surface area contributed by atoms with E-state index in [9.17, 15) is 13.2 Å². The van der Waals surface area contributed by atoms with Gasteiger partial charge in [0.2, 0.25) is 5.91 Å². The molecule has 1 aliphatic rings. The molecule has 1 aromatic rings. The van der Waals surface area contributed by atoms with Gasteiger partial charge < -0.3 is 10.4 Å². The molecule has 0 aromatic heterocycles. The Kier molecular flexibility index (Phi) is 4.45. The summed E-state index contributed by atoms with van der Waals surface area (Å²) in [4.78, 5) is 11.9. The van der Waals surface area contributed by atoms with Crippen LogP contribution in [-0.2, 0) is 14.6 Å². The van der Waals surface area contributed by atoms with Crippen molar-refractivity contribution < 1.29 is 18.3 Å². The minimum absolute atomic E-state index is 0.0568. The smallest absolute Gasteiger partial charge is 0.221 e. The average Bonchev–Trinajstić information content (AvgIpc) is 3.25. The van der Waals surface area contributed by atoms with Crippen LogP contribution in [0.1, 0.15) is 19.3 Å². The van der Waals surface area contributed by atoms with Gasteiger partial charge in [-0.1, -0.05) is 18.2 Å². The van der Waals surface area contributed by atoms with Gasteiger partial charge in [-0.15, -0.1) is 0 Å². The van der Waals surface area contributed by atoms with E-state index in [0.717, 1.165) is 12.8 Å². The zero-order valence-corrected chi connectivity index (χ0v) is 12.0. The van der Waals surface area contributed by atoms with Crippen molar-refractivity contribution in [2.75, 3.05) is 18.9 Å². The maximum absolute atomic E-state index is 12.0. The van der Waals surface area contributed by atoms with E-state index in [0.29, 0.717) is 6.54 Å². The summed E-state index contributed by atoms with van der Waals surface area (Å²) in [7, 11) is -3.41. The van der Waals surface area contributed by atoms with Crippen LogP contribution in [0.5, 0.6) is 0 Å². The van der Waals surface area contributed by atoms with Crippen molar-refractivity contribution in [2.24, 2.45) is 5.41 Å². The monoisotopic (exact) mass is 297 g/mol. The van der Waals surface area contributed by atoms with Gasteiger partial charge in [-0.3, -0.25) is 4.79 Å². The number of carbonyl (C=O) groups excluding carboxylic acids is 1. The van der Waals surface area contributed by atoms with Gasteiger partial charge in [0.05, 0.1) is 17.3 Å². The molecule has 0 radical (unpaired) electrons. The van der Waals surface area contributed by atoms with Crippen molar-refractivity contribution in [3.8, 4) is 0 Å². The number of aliphatic hydroxyl groups is 1. The van der Waals surface area contributed by atoms with Crippen LogP contribution in [0.2, 0.25) is 0 Å². The molecule has 0 bridgehead atoms. The molecule has 0 spiro atoms. The van der Waals surface area contributed by atoms with Gasteiger partial charge in [-0.25, -0.2) is 8.42 Å². The Morgan fingerprint density at radius 3 is 2.45 bits per heavy atom. The first-order valence-corrected chi connectivity index (χ1v) is 8.28. The number of aliphatic hydroxyl groups excluding tert-OH is 1. The zero-order valence-electron chi connectivity index (χ0n) is 11.2. The number of hydrogen-bond acceptors (Lipinski definition) is 4. The minimum Gasteiger partial charge on any atom is -0.396 e. The maximum Gasteiger partial charge on any atom is 0.221 e. The van der Waals surface area contributed by atoms with E-state index < -0.39 is 9.84 Å². The van der Waals surface area contributed by atoms with Crippen molar-refractivity contribution in [1.29, 1.82) is 0 Å². The van der Waals surface area contributed by atoms with Crippen LogP contribution in [0, 0.1) is 5.41 Å². The van der Waals surface area contributed by atoms with Gasteiger partial charge in [0.25, 0.3) is 0 Å². The Morgan fingerprint density at radius 1 is 1.25 bits per heavy atom. The Hall–Kier alpha value is -1.40. The third-order valence-electron chi connectivity index (χ3n) is 3.65. The third-order valence-corrected chi connectivity index (χ3v) is 5.39. The molecule has 0 saturated heterocycles. The molecular formula is C14H19NO4S. The summed E-state index contributed by atoms with van der Waals surface area (Å²) in [6.45, 7) is 0.489. The number of nitrogens with one attached hydrogen (secondary N) is 1. The van der Waals surface area contributed by atoms with E-state index in [-0.39, 0.29) is 35.0 Å². The average molecular weight is 297 g/mol. The maximum atomic E-state index is 12.0. The highest BCUT2D eigenvalue weighted by atomic mass is 32.2. The second-order valence-corrected chi connectivity index (χ2v) is 7.43. The molecule has 0 heterocycles. The minimum atomic E-state index is -3.41. The molecule has 1 aliphatic carbocycles. The first-order chi connectivity index (χ1) is 9.47. The molecule has 0 aliphatic heterocycles. The van der Waals surface area contributed by atoms with Crippen LogP contribution >= 0.6 is 0 Å². The standard InChI is InChI=1S/C14H19NO4S/c16-11-14(7-8-14)10-15-13(17)6-9-20(18,19)12-4-2-1-3-5-12/h1-5,16H,6-11H2,(H,15,17). The first kappa shape index (κ1) is 15.0. The molecule has 1 amide bonds. The van der Waals surface area contributed by atoms with E-state index >= 15 is 0 Å². The summed E-state index contributed by atoms with van der Waals surface area (Å²) in [6, 6.07) is 8.11. The molecule has 1 aromatic carbocycles. The molecule has 1 fully saturated rings. The van der Waals surface area contributed by atoms with Crippen LogP contribution in [0.3, 0.4) is 0 Å². The lowest BCUT2D eigenvalue weighted by Gasteiger charge is -2.12. The Balaban J connectivity index is 1.81. The molecule has 5 nitrogen and oxygen atoms in total. The number of amides is 1. The fraction of sp³-hybridized carbons (Fsp3) is 0.500. The van der Waals surface area contributed by atoms with Gasteiger partial charge >= 0.3 is 0 Å². The summed E-state index contributed by atoms with van der Waals surface area (Å²) in [5.41, 5.74) is -0.159. The van der Waals surface area contributed by atoms with Gasteiger partial charge in [0, 0.05) is 18.4 Å². The van der Waals surface area contributed by atoms with Crippen LogP contribution in [-0.4, -0.2) is 38.3 Å². The molecule has 2 rings (SSSR count). The van der Waals surface area contributed by atoms with Gasteiger partial charge in [0.1, 0.15) is 0 Å². The summed E-state index contributed by atoms with van der Waals surface area (Å²) < 4.78 is 24.0. The van der Waals surface area contributed by atoms with Crippen molar-refractivity contribution in [3.05, 3.63) is 30.3 Å². The Morgan fingerprint density at radius 2 is 1.90 bits per heavy atom. The SMILES string of the molecule is O=C(CCS(=O)(=O)c1ccccc1)NCC1(CO)CC1. The lowest BCUT2D eigenvalue weighted by molar-refractivity contribution is -0.121. The summed E-state index contributed by atoms with van der Waals surface area (Å²) in [6.07, 6.45) is 1.76. The van der Waals surface area contributed by atoms with Crippen molar-refractivity contribution in [2.45, 2.75) is 24.2 Å². The first-order valence-electron chi connectivity index (χ1n) is 6.63. The molecule has 0 unspecified atom stereocenters. The predicted octanol–water partition coefficient (Wildman–Crippen LogP) is 0.739. The summed E-state index contributed by atoms with van der Waals surface area (Å²) in [5.74, 6) is -0.487. The van der Waals surface area contributed by atoms with Crippen molar-refractivity contribution >= 4 is 15.7 Å². The fourth-order valence-electron chi connectivity index (χ4n) is 1.91. The molecule has 1 saturated carbocycles. The van der Waals surface area contributed by atoms with Gasteiger partial charge in [0.15, 0.2) is 9.84 Å². The number of hydrogen-bond donors (Lipinski definition) is 2. The number of sulfone groups is 1. The number of rotatable bonds is 7. The van der Waals surface area contributed by atoms with Crippen LogP contribution in [0.4, 0.5) is 0 Å². The summed E-state index contributed by atoms with van der Waals surface area (Å²) >= 11 is 0. The normalized spacial score (nSPS) is 16.6. The number of carbonyl (C=O) groups is 1.